The van der Waals surface area contributed by atoms with Gasteiger partial charge >= 0.3 is 5.97 Å². The molecule has 5 nitrogen and oxygen atoms in total. The average molecular weight is 362 g/mol. The fourth-order valence-electron chi connectivity index (χ4n) is 1.79. The van der Waals surface area contributed by atoms with Gasteiger partial charge in [0, 0.05) is 5.57 Å². The summed E-state index contributed by atoms with van der Waals surface area (Å²) in [4.78, 5) is 18.5. The van der Waals surface area contributed by atoms with Crippen LogP contribution in [0.5, 0.6) is 0 Å². The largest absolute Gasteiger partial charge is 0.461 e. The van der Waals surface area contributed by atoms with Gasteiger partial charge in [-0.2, -0.15) is 0 Å². The van der Waals surface area contributed by atoms with Crippen LogP contribution in [0.3, 0.4) is 0 Å². The third-order valence-corrected chi connectivity index (χ3v) is 3.40. The molecule has 0 radical (unpaired) electrons. The number of carbonyl (C=O) groups excluding carboxylic acids is 1. The second kappa shape index (κ2) is 7.70. The molecule has 0 amide bonds. The summed E-state index contributed by atoms with van der Waals surface area (Å²) in [5.41, 5.74) is 1.46. The summed E-state index contributed by atoms with van der Waals surface area (Å²) in [6.07, 6.45) is 13.3. The molecule has 22 heavy (non-hydrogen) atoms. The first-order valence-corrected chi connectivity index (χ1v) is 7.61. The zero-order valence-electron chi connectivity index (χ0n) is 12.1. The molecule has 1 aromatic rings. The van der Waals surface area contributed by atoms with Crippen molar-refractivity contribution in [2.75, 3.05) is 6.61 Å². The Bertz CT molecular complexity index is 696. The zero-order valence-corrected chi connectivity index (χ0v) is 13.7. The van der Waals surface area contributed by atoms with Crippen molar-refractivity contribution in [2.45, 2.75) is 13.3 Å². The fraction of sp³-hybridized carbons (Fsp3) is 0.188. The number of hydrogen-bond donors (Lipinski definition) is 2. The highest BCUT2D eigenvalue weighted by Gasteiger charge is 2.09. The highest BCUT2D eigenvalue weighted by atomic mass is 79.9. The topological polar surface area (TPSA) is 78.8 Å². The third kappa shape index (κ3) is 4.39. The maximum Gasteiger partial charge on any atom is 0.356 e. The molecule has 114 valence electrons. The van der Waals surface area contributed by atoms with E-state index < -0.39 is 5.97 Å². The molecule has 0 bridgehead atoms. The van der Waals surface area contributed by atoms with E-state index >= 15 is 0 Å². The van der Waals surface area contributed by atoms with Crippen LogP contribution in [0, 0.1) is 5.41 Å². The Labute approximate surface area is 137 Å². The van der Waals surface area contributed by atoms with E-state index in [4.69, 9.17) is 10.1 Å². The molecular weight excluding hydrogens is 346 g/mol. The number of imidazole rings is 1. The number of ether oxygens (including phenoxy) is 1. The van der Waals surface area contributed by atoms with Crippen molar-refractivity contribution < 1.29 is 9.53 Å². The van der Waals surface area contributed by atoms with Crippen LogP contribution in [0.2, 0.25) is 0 Å². The summed E-state index contributed by atoms with van der Waals surface area (Å²) in [7, 11) is 0. The first kappa shape index (κ1) is 16.2. The van der Waals surface area contributed by atoms with Crippen molar-refractivity contribution in [1.29, 1.82) is 5.41 Å². The third-order valence-electron chi connectivity index (χ3n) is 2.85. The summed E-state index contributed by atoms with van der Waals surface area (Å²) < 4.78 is 5.90. The highest BCUT2D eigenvalue weighted by Crippen LogP contribution is 2.18. The predicted octanol–water partition coefficient (Wildman–Crippen LogP) is 3.78. The Morgan fingerprint density at radius 2 is 2.41 bits per heavy atom. The number of carbonyl (C=O) groups is 1. The smallest absolute Gasteiger partial charge is 0.356 e. The Balaban J connectivity index is 2.07. The summed E-state index contributed by atoms with van der Waals surface area (Å²) in [6.45, 7) is 2.06. The number of esters is 1. The molecule has 1 aromatic heterocycles. The Morgan fingerprint density at radius 3 is 3.18 bits per heavy atom. The van der Waals surface area contributed by atoms with Crippen molar-refractivity contribution in [2.24, 2.45) is 0 Å². The number of nitrogens with zero attached hydrogens (tertiary/aromatic N) is 1. The number of allylic oxidation sites excluding steroid dienone is 7. The molecule has 0 saturated carbocycles. The molecule has 0 aliphatic heterocycles. The van der Waals surface area contributed by atoms with E-state index in [1.54, 1.807) is 19.1 Å². The highest BCUT2D eigenvalue weighted by molar-refractivity contribution is 9.11. The second-order valence-electron chi connectivity index (χ2n) is 4.50. The van der Waals surface area contributed by atoms with Crippen molar-refractivity contribution in [1.82, 2.24) is 9.97 Å². The number of aromatic amines is 1. The Kier molecular flexibility index (Phi) is 5.66. The van der Waals surface area contributed by atoms with E-state index in [0.717, 1.165) is 16.5 Å². The van der Waals surface area contributed by atoms with E-state index in [2.05, 4.69) is 25.9 Å². The molecule has 2 N–H and O–H groups in total. The minimum Gasteiger partial charge on any atom is -0.461 e. The standard InChI is InChI=1S/C16H16BrN3O2/c1-2-22-16(21)14-10-19-15(20-14)8-7-13(18)11-5-3-4-6-12(17)9-11/h3-5,7-10,18H,2,6H2,1H3,(H,19,20)/b8-7-,18-13?. The summed E-state index contributed by atoms with van der Waals surface area (Å²) in [5.74, 6) is 0.0637. The van der Waals surface area contributed by atoms with Gasteiger partial charge in [0.15, 0.2) is 0 Å². The molecule has 1 aliphatic rings. The van der Waals surface area contributed by atoms with Crippen LogP contribution >= 0.6 is 15.9 Å². The van der Waals surface area contributed by atoms with Crippen molar-refractivity contribution >= 4 is 33.7 Å². The molecule has 1 heterocycles. The first-order chi connectivity index (χ1) is 10.6. The maximum atomic E-state index is 11.5. The van der Waals surface area contributed by atoms with Crippen LogP contribution in [-0.4, -0.2) is 28.3 Å². The number of H-pyrrole nitrogens is 1. The van der Waals surface area contributed by atoms with Gasteiger partial charge < -0.3 is 15.1 Å². The lowest BCUT2D eigenvalue weighted by molar-refractivity contribution is 0.0520. The molecule has 1 aliphatic carbocycles. The minimum atomic E-state index is -0.437. The van der Waals surface area contributed by atoms with Gasteiger partial charge in [0.25, 0.3) is 0 Å². The van der Waals surface area contributed by atoms with Gasteiger partial charge in [-0.1, -0.05) is 34.2 Å². The molecule has 0 aromatic carbocycles. The van der Waals surface area contributed by atoms with Gasteiger partial charge in [0.05, 0.1) is 18.5 Å². The maximum absolute atomic E-state index is 11.5. The van der Waals surface area contributed by atoms with E-state index in [1.807, 2.05) is 24.3 Å². The van der Waals surface area contributed by atoms with Gasteiger partial charge in [0.2, 0.25) is 0 Å². The molecular formula is C16H16BrN3O2. The first-order valence-electron chi connectivity index (χ1n) is 6.82. The van der Waals surface area contributed by atoms with Crippen LogP contribution in [0.15, 0.2) is 46.6 Å². The molecule has 0 spiro atoms. The number of hydrogen-bond acceptors (Lipinski definition) is 4. The average Bonchev–Trinajstić information content (AvgIpc) is 2.86. The van der Waals surface area contributed by atoms with Crippen molar-refractivity contribution in [3.63, 3.8) is 0 Å². The normalized spacial score (nSPS) is 14.5. The Morgan fingerprint density at radius 1 is 1.59 bits per heavy atom. The number of nitrogens with one attached hydrogen (secondary N) is 2. The van der Waals surface area contributed by atoms with E-state index in [1.165, 1.54) is 6.20 Å². The number of halogens is 1. The van der Waals surface area contributed by atoms with E-state index in [9.17, 15) is 4.79 Å². The quantitative estimate of drug-likeness (QED) is 0.618. The molecule has 0 saturated heterocycles. The monoisotopic (exact) mass is 361 g/mol. The predicted molar refractivity (Wildman–Crippen MR) is 90.2 cm³/mol. The number of aromatic nitrogens is 2. The van der Waals surface area contributed by atoms with Gasteiger partial charge in [-0.15, -0.1) is 0 Å². The van der Waals surface area contributed by atoms with Gasteiger partial charge in [0.1, 0.15) is 11.5 Å². The summed E-state index contributed by atoms with van der Waals surface area (Å²) >= 11 is 3.46. The lowest BCUT2D eigenvalue weighted by Crippen LogP contribution is -2.04. The van der Waals surface area contributed by atoms with Crippen LogP contribution in [0.1, 0.15) is 29.7 Å². The van der Waals surface area contributed by atoms with Crippen LogP contribution in [0.25, 0.3) is 6.08 Å². The lowest BCUT2D eigenvalue weighted by Gasteiger charge is -1.99. The molecule has 0 atom stereocenters. The van der Waals surface area contributed by atoms with E-state index in [0.29, 0.717) is 23.8 Å². The number of rotatable bonds is 5. The SMILES string of the molecule is CCOC(=O)c1cnc(/C=C\C(=N)C2=CC=CCC(Br)=C2)[nH]1. The zero-order chi connectivity index (χ0) is 15.9. The second-order valence-corrected chi connectivity index (χ2v) is 5.51. The van der Waals surface area contributed by atoms with Crippen LogP contribution in [-0.2, 0) is 4.74 Å². The van der Waals surface area contributed by atoms with Crippen LogP contribution in [0.4, 0.5) is 0 Å². The summed E-state index contributed by atoms with van der Waals surface area (Å²) in [5, 5.41) is 8.09. The molecule has 6 heteroatoms. The van der Waals surface area contributed by atoms with Crippen LogP contribution < -0.4 is 0 Å². The van der Waals surface area contributed by atoms with Crippen molar-refractivity contribution in [3.05, 3.63) is 58.2 Å². The minimum absolute atomic E-state index is 0.298. The molecule has 0 fully saturated rings. The van der Waals surface area contributed by atoms with Crippen molar-refractivity contribution in [3.8, 4) is 0 Å². The summed E-state index contributed by atoms with van der Waals surface area (Å²) in [6, 6.07) is 0. The van der Waals surface area contributed by atoms with E-state index in [-0.39, 0.29) is 0 Å². The van der Waals surface area contributed by atoms with Gasteiger partial charge in [-0.25, -0.2) is 9.78 Å². The van der Waals surface area contributed by atoms with Gasteiger partial charge in [-0.3, -0.25) is 0 Å². The molecule has 2 rings (SSSR count). The fourth-order valence-corrected chi connectivity index (χ4v) is 2.22. The van der Waals surface area contributed by atoms with Gasteiger partial charge in [-0.05, 0) is 36.1 Å². The molecule has 0 unspecified atom stereocenters. The lowest BCUT2D eigenvalue weighted by atomic mass is 10.1. The Hall–Kier alpha value is -2.21.